The summed E-state index contributed by atoms with van der Waals surface area (Å²) in [6.45, 7) is 0. The first-order valence-electron chi connectivity index (χ1n) is 6.47. The number of benzene rings is 1. The Balaban J connectivity index is 1.72. The van der Waals surface area contributed by atoms with Gasteiger partial charge in [0.2, 0.25) is 0 Å². The van der Waals surface area contributed by atoms with Gasteiger partial charge in [-0.1, -0.05) is 43.2 Å². The first-order chi connectivity index (χ1) is 8.92. The molecule has 2 aromatic rings. The third kappa shape index (κ3) is 2.72. The molecule has 0 unspecified atom stereocenters. The molecule has 0 saturated heterocycles. The van der Waals surface area contributed by atoms with Crippen LogP contribution in [0.25, 0.3) is 11.3 Å². The van der Waals surface area contributed by atoms with E-state index in [1.807, 2.05) is 30.0 Å². The smallest absolute Gasteiger partial charge is 0.119 e. The minimum Gasteiger partial charge on any atom is -0.149 e. The van der Waals surface area contributed by atoms with E-state index in [9.17, 15) is 0 Å². The predicted octanol–water partition coefficient (Wildman–Crippen LogP) is 4.18. The lowest BCUT2D eigenvalue weighted by Gasteiger charge is -2.07. The number of nitrogens with zero attached hydrogens (tertiary/aromatic N) is 2. The summed E-state index contributed by atoms with van der Waals surface area (Å²) in [5.74, 6) is 0. The minimum atomic E-state index is 0.752. The van der Waals surface area contributed by atoms with E-state index in [4.69, 9.17) is 0 Å². The van der Waals surface area contributed by atoms with Crippen molar-refractivity contribution in [2.45, 2.75) is 36.0 Å². The van der Waals surface area contributed by atoms with Gasteiger partial charge in [-0.2, -0.15) is 0 Å². The SMILES string of the molecule is c1ccc(-c2ccc(SC3CCCC3)nn2)cc1. The Morgan fingerprint density at radius 3 is 2.33 bits per heavy atom. The Labute approximate surface area is 112 Å². The maximum Gasteiger partial charge on any atom is 0.119 e. The summed E-state index contributed by atoms with van der Waals surface area (Å²) in [7, 11) is 0. The summed E-state index contributed by atoms with van der Waals surface area (Å²) in [6, 6.07) is 14.4. The normalized spacial score (nSPS) is 16.0. The summed E-state index contributed by atoms with van der Waals surface area (Å²) < 4.78 is 0. The number of thioether (sulfide) groups is 1. The van der Waals surface area contributed by atoms with Crippen LogP contribution in [0.1, 0.15) is 25.7 Å². The lowest BCUT2D eigenvalue weighted by Crippen LogP contribution is -1.96. The average Bonchev–Trinajstić information content (AvgIpc) is 2.94. The van der Waals surface area contributed by atoms with Crippen molar-refractivity contribution in [3.63, 3.8) is 0 Å². The first kappa shape index (κ1) is 11.7. The Kier molecular flexibility index (Phi) is 3.60. The first-order valence-corrected chi connectivity index (χ1v) is 7.35. The zero-order valence-electron chi connectivity index (χ0n) is 10.2. The van der Waals surface area contributed by atoms with Gasteiger partial charge < -0.3 is 0 Å². The van der Waals surface area contributed by atoms with Crippen LogP contribution in [0.2, 0.25) is 0 Å². The van der Waals surface area contributed by atoms with Crippen LogP contribution >= 0.6 is 11.8 Å². The molecule has 18 heavy (non-hydrogen) atoms. The maximum atomic E-state index is 4.33. The fourth-order valence-electron chi connectivity index (χ4n) is 2.32. The number of rotatable bonds is 3. The van der Waals surface area contributed by atoms with Crippen LogP contribution in [0.5, 0.6) is 0 Å². The van der Waals surface area contributed by atoms with Gasteiger partial charge in [0.1, 0.15) is 5.03 Å². The molecule has 1 fully saturated rings. The fourth-order valence-corrected chi connectivity index (χ4v) is 3.47. The summed E-state index contributed by atoms with van der Waals surface area (Å²) in [4.78, 5) is 0. The van der Waals surface area contributed by atoms with Gasteiger partial charge in [0.25, 0.3) is 0 Å². The molecule has 0 aliphatic heterocycles. The molecule has 0 radical (unpaired) electrons. The molecular formula is C15H16N2S. The molecular weight excluding hydrogens is 240 g/mol. The third-order valence-corrected chi connectivity index (χ3v) is 4.56. The van der Waals surface area contributed by atoms with Crippen molar-refractivity contribution in [1.82, 2.24) is 10.2 Å². The van der Waals surface area contributed by atoms with Crippen molar-refractivity contribution in [2.24, 2.45) is 0 Å². The van der Waals surface area contributed by atoms with Gasteiger partial charge in [0, 0.05) is 10.8 Å². The van der Waals surface area contributed by atoms with E-state index >= 15 is 0 Å². The lowest BCUT2D eigenvalue weighted by molar-refractivity contribution is 0.884. The molecule has 3 heteroatoms. The molecule has 0 atom stereocenters. The van der Waals surface area contributed by atoms with E-state index in [1.165, 1.54) is 25.7 Å². The Morgan fingerprint density at radius 2 is 1.67 bits per heavy atom. The van der Waals surface area contributed by atoms with Gasteiger partial charge >= 0.3 is 0 Å². The fraction of sp³-hybridized carbons (Fsp3) is 0.333. The van der Waals surface area contributed by atoms with Gasteiger partial charge in [-0.3, -0.25) is 0 Å². The van der Waals surface area contributed by atoms with Crippen molar-refractivity contribution in [3.05, 3.63) is 42.5 Å². The Hall–Kier alpha value is -1.35. The zero-order chi connectivity index (χ0) is 12.2. The van der Waals surface area contributed by atoms with Gasteiger partial charge in [0.15, 0.2) is 0 Å². The van der Waals surface area contributed by atoms with Crippen molar-refractivity contribution in [2.75, 3.05) is 0 Å². The predicted molar refractivity (Wildman–Crippen MR) is 75.6 cm³/mol. The molecule has 0 amide bonds. The molecule has 1 aromatic carbocycles. The summed E-state index contributed by atoms with van der Waals surface area (Å²) in [5.41, 5.74) is 2.08. The van der Waals surface area contributed by atoms with E-state index in [2.05, 4.69) is 34.5 Å². The molecule has 1 aliphatic carbocycles. The summed E-state index contributed by atoms with van der Waals surface area (Å²) in [5, 5.41) is 10.5. The van der Waals surface area contributed by atoms with Crippen LogP contribution in [-0.4, -0.2) is 15.4 Å². The van der Waals surface area contributed by atoms with Gasteiger partial charge in [-0.15, -0.1) is 22.0 Å². The van der Waals surface area contributed by atoms with E-state index in [1.54, 1.807) is 0 Å². The van der Waals surface area contributed by atoms with E-state index in [0.29, 0.717) is 0 Å². The average molecular weight is 256 g/mol. The van der Waals surface area contributed by atoms with Crippen LogP contribution < -0.4 is 0 Å². The maximum absolute atomic E-state index is 4.33. The molecule has 3 rings (SSSR count). The quantitative estimate of drug-likeness (QED) is 0.824. The largest absolute Gasteiger partial charge is 0.149 e. The summed E-state index contributed by atoms with van der Waals surface area (Å²) in [6.07, 6.45) is 5.39. The molecule has 1 saturated carbocycles. The minimum absolute atomic E-state index is 0.752. The number of aromatic nitrogens is 2. The van der Waals surface area contributed by atoms with Crippen LogP contribution in [0.15, 0.2) is 47.5 Å². The Morgan fingerprint density at radius 1 is 0.889 bits per heavy atom. The lowest BCUT2D eigenvalue weighted by atomic mass is 10.1. The monoisotopic (exact) mass is 256 g/mol. The Bertz CT molecular complexity index is 490. The standard InChI is InChI=1S/C15H16N2S/c1-2-6-12(7-3-1)14-10-11-15(17-16-14)18-13-8-4-5-9-13/h1-3,6-7,10-11,13H,4-5,8-9H2. The second kappa shape index (κ2) is 5.53. The molecule has 92 valence electrons. The highest BCUT2D eigenvalue weighted by molar-refractivity contribution is 7.99. The van der Waals surface area contributed by atoms with Gasteiger partial charge in [-0.05, 0) is 25.0 Å². The highest BCUT2D eigenvalue weighted by Gasteiger charge is 2.16. The van der Waals surface area contributed by atoms with Crippen molar-refractivity contribution in [1.29, 1.82) is 0 Å². The number of hydrogen-bond donors (Lipinski definition) is 0. The second-order valence-corrected chi connectivity index (χ2v) is 5.97. The zero-order valence-corrected chi connectivity index (χ0v) is 11.1. The van der Waals surface area contributed by atoms with Gasteiger partial charge in [-0.25, -0.2) is 0 Å². The molecule has 1 aromatic heterocycles. The van der Waals surface area contributed by atoms with Crippen molar-refractivity contribution >= 4 is 11.8 Å². The molecule has 1 heterocycles. The van der Waals surface area contributed by atoms with Crippen LogP contribution in [0, 0.1) is 0 Å². The van der Waals surface area contributed by atoms with Gasteiger partial charge in [0.05, 0.1) is 5.69 Å². The van der Waals surface area contributed by atoms with Crippen LogP contribution in [0.4, 0.5) is 0 Å². The van der Waals surface area contributed by atoms with Crippen LogP contribution in [0.3, 0.4) is 0 Å². The molecule has 0 N–H and O–H groups in total. The molecule has 0 spiro atoms. The highest BCUT2D eigenvalue weighted by atomic mass is 32.2. The third-order valence-electron chi connectivity index (χ3n) is 3.30. The number of hydrogen-bond acceptors (Lipinski definition) is 3. The van der Waals surface area contributed by atoms with Crippen molar-refractivity contribution < 1.29 is 0 Å². The summed E-state index contributed by atoms with van der Waals surface area (Å²) >= 11 is 1.88. The highest BCUT2D eigenvalue weighted by Crippen LogP contribution is 2.33. The molecule has 1 aliphatic rings. The van der Waals surface area contributed by atoms with E-state index in [-0.39, 0.29) is 0 Å². The van der Waals surface area contributed by atoms with E-state index in [0.717, 1.165) is 21.5 Å². The second-order valence-electron chi connectivity index (χ2n) is 4.65. The topological polar surface area (TPSA) is 25.8 Å². The molecule has 2 nitrogen and oxygen atoms in total. The van der Waals surface area contributed by atoms with Crippen molar-refractivity contribution in [3.8, 4) is 11.3 Å². The van der Waals surface area contributed by atoms with E-state index < -0.39 is 0 Å². The molecule has 0 bridgehead atoms. The van der Waals surface area contributed by atoms with Crippen LogP contribution in [-0.2, 0) is 0 Å².